The van der Waals surface area contributed by atoms with Gasteiger partial charge in [0.2, 0.25) is 0 Å². The van der Waals surface area contributed by atoms with Gasteiger partial charge in [0, 0.05) is 82.9 Å². The van der Waals surface area contributed by atoms with Gasteiger partial charge in [-0.2, -0.15) is 0 Å². The Balaban J connectivity index is 0.000000139. The molecule has 0 fully saturated rings. The number of fused-ring (bicyclic) bond motifs is 25. The quantitative estimate of drug-likeness (QED) is 0.148. The molecule has 0 unspecified atom stereocenters. The van der Waals surface area contributed by atoms with Crippen molar-refractivity contribution in [1.82, 2.24) is 34.5 Å². The van der Waals surface area contributed by atoms with Crippen molar-refractivity contribution in [2.24, 2.45) is 0 Å². The molecule has 24 rings (SSSR count). The molecule has 17 aromatic carbocycles. The van der Waals surface area contributed by atoms with Gasteiger partial charge in [-0.1, -0.05) is 334 Å². The molecule has 3 aromatic heterocycles. The number of hydrogen-bond acceptors (Lipinski definition) is 8. The number of hydrogen-bond donors (Lipinski definition) is 0. The fourth-order valence-electron chi connectivity index (χ4n) is 18.7. The molecule has 4 aliphatic rings. The van der Waals surface area contributed by atoms with Crippen LogP contribution in [0.2, 0.25) is 0 Å². The van der Waals surface area contributed by atoms with Crippen LogP contribution in [-0.4, -0.2) is 34.5 Å². The van der Waals surface area contributed by atoms with Crippen LogP contribution in [0.15, 0.2) is 394 Å². The van der Waals surface area contributed by atoms with E-state index in [1.165, 1.54) is 33.4 Å². The smallest absolute Gasteiger partial charge is 0.164 e. The van der Waals surface area contributed by atoms with E-state index in [-0.39, 0.29) is 0 Å². The molecule has 0 saturated heterocycles. The monoisotopic (exact) mass is 1470 g/mol. The van der Waals surface area contributed by atoms with Crippen LogP contribution >= 0.6 is 0 Å². The minimum Gasteiger partial charge on any atom is -0.457 e. The molecule has 2 aliphatic carbocycles. The van der Waals surface area contributed by atoms with Gasteiger partial charge >= 0.3 is 0 Å². The van der Waals surface area contributed by atoms with Gasteiger partial charge in [0.25, 0.3) is 0 Å². The molecule has 5 heterocycles. The zero-order valence-corrected chi connectivity index (χ0v) is 62.0. The van der Waals surface area contributed by atoms with Crippen molar-refractivity contribution < 1.29 is 9.47 Å². The van der Waals surface area contributed by atoms with E-state index in [0.29, 0.717) is 34.9 Å². The third-order valence-electron chi connectivity index (χ3n) is 23.7. The average molecular weight is 1470 g/mol. The Labute approximate surface area is 663 Å². The predicted octanol–water partition coefficient (Wildman–Crippen LogP) is 25.8. The summed E-state index contributed by atoms with van der Waals surface area (Å²) >= 11 is 0. The van der Waals surface area contributed by atoms with Crippen LogP contribution in [0, 0.1) is 0 Å². The Bertz CT molecular complexity index is 7110. The highest BCUT2D eigenvalue weighted by molar-refractivity contribution is 6.12. The second kappa shape index (κ2) is 26.2. The van der Waals surface area contributed by atoms with Gasteiger partial charge in [0.05, 0.1) is 21.9 Å². The lowest BCUT2D eigenvalue weighted by Gasteiger charge is -2.41. The Morgan fingerprint density at radius 1 is 0.209 bits per heavy atom. The molecule has 536 valence electrons. The lowest BCUT2D eigenvalue weighted by molar-refractivity contribution is 0.436. The van der Waals surface area contributed by atoms with Gasteiger partial charge < -0.3 is 14.0 Å². The molecule has 9 nitrogen and oxygen atoms in total. The Kier molecular flexibility index (Phi) is 14.9. The maximum Gasteiger partial charge on any atom is 0.164 e. The third-order valence-corrected chi connectivity index (χ3v) is 23.7. The second-order valence-electron chi connectivity index (χ2n) is 29.8. The van der Waals surface area contributed by atoms with E-state index in [1.54, 1.807) is 0 Å². The summed E-state index contributed by atoms with van der Waals surface area (Å²) in [5.74, 6) is 7.34. The SMILES string of the molecule is c1ccc(-c2nc(-c3ccccc3)nc(-c3ccc4c(c3)c3cc(-c5ccc6c(c5)C5(c7ccccc7Oc7ccccc75)c5ccccc5-6)ccc3n4-c3ccccc3)n2)cc1.c1ccc(-c2nc(-c3ccccc3)nc(-c3cccc4c3C3(c5ccccc5-4)c4ccc5ccccc5c4Oc4c3ccc3ccccc43)n2)cc1. The zero-order chi connectivity index (χ0) is 75.7. The first kappa shape index (κ1) is 65.6. The summed E-state index contributed by atoms with van der Waals surface area (Å²) in [5, 5.41) is 6.70. The molecule has 0 atom stereocenters. The summed E-state index contributed by atoms with van der Waals surface area (Å²) in [4.78, 5) is 30.8. The van der Waals surface area contributed by atoms with Gasteiger partial charge in [-0.15, -0.1) is 0 Å². The highest BCUT2D eigenvalue weighted by Crippen LogP contribution is 2.66. The Morgan fingerprint density at radius 2 is 0.583 bits per heavy atom. The van der Waals surface area contributed by atoms with Gasteiger partial charge in [-0.3, -0.25) is 0 Å². The number of benzene rings is 17. The highest BCUT2D eigenvalue weighted by Gasteiger charge is 2.54. The number of ether oxygens (including phenoxy) is 2. The van der Waals surface area contributed by atoms with Crippen LogP contribution in [0.3, 0.4) is 0 Å². The molecule has 2 aliphatic heterocycles. The summed E-state index contributed by atoms with van der Waals surface area (Å²) in [6, 6.07) is 139. The van der Waals surface area contributed by atoms with Crippen LogP contribution in [0.25, 0.3) is 151 Å². The molecule has 115 heavy (non-hydrogen) atoms. The fourth-order valence-corrected chi connectivity index (χ4v) is 18.7. The average Bonchev–Trinajstić information content (AvgIpc) is 1.55. The molecule has 0 radical (unpaired) electrons. The minimum absolute atomic E-state index is 0.544. The maximum absolute atomic E-state index is 7.18. The Morgan fingerprint density at radius 3 is 1.11 bits per heavy atom. The molecular formula is C106H65N7O2. The van der Waals surface area contributed by atoms with Gasteiger partial charge in [-0.05, 0) is 127 Å². The fraction of sp³-hybridized carbons (Fsp3) is 0.0189. The summed E-state index contributed by atoms with van der Waals surface area (Å²) in [5.41, 5.74) is 24.3. The first-order valence-corrected chi connectivity index (χ1v) is 39.0. The molecule has 2 spiro atoms. The Hall–Kier alpha value is -15.3. The van der Waals surface area contributed by atoms with Crippen LogP contribution in [0.4, 0.5) is 0 Å². The first-order valence-electron chi connectivity index (χ1n) is 39.0. The van der Waals surface area contributed by atoms with Gasteiger partial charge in [0.1, 0.15) is 23.0 Å². The second-order valence-corrected chi connectivity index (χ2v) is 29.8. The van der Waals surface area contributed by atoms with E-state index < -0.39 is 10.8 Å². The van der Waals surface area contributed by atoms with E-state index in [1.807, 2.05) is 97.1 Å². The lowest BCUT2D eigenvalue weighted by atomic mass is 9.64. The summed E-state index contributed by atoms with van der Waals surface area (Å²) in [6.07, 6.45) is 0. The minimum atomic E-state index is -0.730. The summed E-state index contributed by atoms with van der Waals surface area (Å²) in [6.45, 7) is 0. The standard InChI is InChI=1S/C58H36N4O.C48H29N3O/c1-4-16-37(17-5-1)55-59-56(38-18-6-2-7-19-38)61-57(60-55)41-30-33-52-46(35-41)45-34-39(29-32-51(45)62(52)42-20-8-3-9-21-42)40-28-31-44-43-22-10-11-23-47(43)58(50(44)36-40)48-24-12-14-26-53(48)63-54-27-15-13-25-49(54)58;1-3-16-32(17-4-1)45-49-46(33-18-5-2-6-19-33)51-47(50-45)38-24-13-23-37-36-22-11-12-25-39(36)48(42(37)38)40-28-26-30-14-7-9-20-34(30)43(40)52-44-35-21-10-8-15-31(35)27-29-41(44)48/h1-36H;1-29H. The van der Waals surface area contributed by atoms with Gasteiger partial charge in [0.15, 0.2) is 34.9 Å². The van der Waals surface area contributed by atoms with Crippen molar-refractivity contribution in [2.75, 3.05) is 0 Å². The van der Waals surface area contributed by atoms with E-state index in [2.05, 4.69) is 302 Å². The molecule has 0 amide bonds. The molecule has 0 N–H and O–H groups in total. The lowest BCUT2D eigenvalue weighted by Crippen LogP contribution is -2.33. The van der Waals surface area contributed by atoms with E-state index in [0.717, 1.165) is 150 Å². The van der Waals surface area contributed by atoms with Crippen molar-refractivity contribution in [3.8, 4) is 130 Å². The number of aromatic nitrogens is 7. The van der Waals surface area contributed by atoms with Crippen LogP contribution in [0.1, 0.15) is 44.5 Å². The number of para-hydroxylation sites is 3. The summed E-state index contributed by atoms with van der Waals surface area (Å²) < 4.78 is 16.2. The van der Waals surface area contributed by atoms with Crippen molar-refractivity contribution in [2.45, 2.75) is 10.8 Å². The predicted molar refractivity (Wildman–Crippen MR) is 462 cm³/mol. The topological polar surface area (TPSA) is 101 Å². The van der Waals surface area contributed by atoms with Crippen LogP contribution < -0.4 is 9.47 Å². The van der Waals surface area contributed by atoms with Crippen molar-refractivity contribution in [1.29, 1.82) is 0 Å². The first-order chi connectivity index (χ1) is 57.0. The van der Waals surface area contributed by atoms with Crippen molar-refractivity contribution in [3.05, 3.63) is 439 Å². The van der Waals surface area contributed by atoms with Crippen molar-refractivity contribution in [3.63, 3.8) is 0 Å². The highest BCUT2D eigenvalue weighted by atomic mass is 16.5. The van der Waals surface area contributed by atoms with Crippen molar-refractivity contribution >= 4 is 43.4 Å². The summed E-state index contributed by atoms with van der Waals surface area (Å²) in [7, 11) is 0. The van der Waals surface area contributed by atoms with E-state index in [4.69, 9.17) is 39.4 Å². The zero-order valence-electron chi connectivity index (χ0n) is 62.0. The molecule has 0 saturated carbocycles. The normalized spacial score (nSPS) is 13.1. The largest absolute Gasteiger partial charge is 0.457 e. The third kappa shape index (κ3) is 10.1. The molecule has 9 heteroatoms. The number of nitrogens with zero attached hydrogens (tertiary/aromatic N) is 7. The van der Waals surface area contributed by atoms with E-state index >= 15 is 0 Å². The molecule has 0 bridgehead atoms. The maximum atomic E-state index is 7.18. The van der Waals surface area contributed by atoms with Crippen LogP contribution in [0.5, 0.6) is 23.0 Å². The van der Waals surface area contributed by atoms with Crippen LogP contribution in [-0.2, 0) is 10.8 Å². The number of rotatable bonds is 8. The molecular weight excluding hydrogens is 1400 g/mol. The molecule has 20 aromatic rings. The van der Waals surface area contributed by atoms with Gasteiger partial charge in [-0.25, -0.2) is 29.9 Å². The van der Waals surface area contributed by atoms with E-state index in [9.17, 15) is 0 Å².